The maximum atomic E-state index is 13.2. The van der Waals surface area contributed by atoms with E-state index in [9.17, 15) is 4.79 Å². The predicted octanol–water partition coefficient (Wildman–Crippen LogP) is 3.66. The Morgan fingerprint density at radius 2 is 2.04 bits per heavy atom. The van der Waals surface area contributed by atoms with E-state index in [1.165, 1.54) is 18.4 Å². The van der Waals surface area contributed by atoms with E-state index in [1.807, 2.05) is 41.3 Å². The summed E-state index contributed by atoms with van der Waals surface area (Å²) in [6, 6.07) is 11.8. The molecule has 1 fully saturated rings. The number of aromatic nitrogens is 1. The van der Waals surface area contributed by atoms with Crippen molar-refractivity contribution in [2.24, 2.45) is 0 Å². The Morgan fingerprint density at radius 1 is 1.18 bits per heavy atom. The zero-order valence-electron chi connectivity index (χ0n) is 16.3. The van der Waals surface area contributed by atoms with E-state index in [2.05, 4.69) is 4.98 Å². The number of pyridine rings is 1. The molecular weight excluding hydrogens is 352 g/mol. The number of hydrogen-bond donors (Lipinski definition) is 0. The molecule has 5 heteroatoms. The van der Waals surface area contributed by atoms with E-state index in [1.54, 1.807) is 6.20 Å². The Hall–Kier alpha value is -2.40. The average molecular weight is 380 g/mol. The van der Waals surface area contributed by atoms with E-state index in [4.69, 9.17) is 9.47 Å². The molecule has 0 bridgehead atoms. The van der Waals surface area contributed by atoms with Gasteiger partial charge in [-0.25, -0.2) is 0 Å². The number of hydrogen-bond acceptors (Lipinski definition) is 4. The largest absolute Gasteiger partial charge is 0.492 e. The third-order valence-electron chi connectivity index (χ3n) is 5.52. The highest BCUT2D eigenvalue weighted by Crippen LogP contribution is 2.21. The van der Waals surface area contributed by atoms with Crippen molar-refractivity contribution in [3.05, 3.63) is 59.4 Å². The van der Waals surface area contributed by atoms with E-state index in [-0.39, 0.29) is 12.0 Å². The number of fused-ring (bicyclic) bond motifs is 1. The zero-order valence-corrected chi connectivity index (χ0v) is 16.3. The summed E-state index contributed by atoms with van der Waals surface area (Å²) in [4.78, 5) is 19.7. The smallest absolute Gasteiger partial charge is 0.255 e. The van der Waals surface area contributed by atoms with Gasteiger partial charge in [-0.2, -0.15) is 0 Å². The molecule has 0 N–H and O–H groups in total. The summed E-state index contributed by atoms with van der Waals surface area (Å²) in [6.07, 6.45) is 8.34. The summed E-state index contributed by atoms with van der Waals surface area (Å²) >= 11 is 0. The number of aryl methyl sites for hydroxylation is 2. The van der Waals surface area contributed by atoms with Crippen molar-refractivity contribution in [1.82, 2.24) is 9.88 Å². The average Bonchev–Trinajstić information content (AvgIpc) is 3.26. The number of amides is 1. The number of para-hydroxylation sites is 1. The van der Waals surface area contributed by atoms with Crippen molar-refractivity contribution in [3.8, 4) is 5.75 Å². The van der Waals surface area contributed by atoms with Crippen LogP contribution in [0.4, 0.5) is 0 Å². The summed E-state index contributed by atoms with van der Waals surface area (Å²) in [7, 11) is 0. The van der Waals surface area contributed by atoms with Crippen molar-refractivity contribution in [1.29, 1.82) is 0 Å². The minimum atomic E-state index is 0.0213. The molecule has 1 aliphatic heterocycles. The van der Waals surface area contributed by atoms with Crippen LogP contribution in [0, 0.1) is 0 Å². The first-order valence-electron chi connectivity index (χ1n) is 10.4. The van der Waals surface area contributed by atoms with Gasteiger partial charge in [-0.3, -0.25) is 9.78 Å². The third kappa shape index (κ3) is 4.71. The maximum absolute atomic E-state index is 13.2. The van der Waals surface area contributed by atoms with Gasteiger partial charge in [0.1, 0.15) is 12.4 Å². The van der Waals surface area contributed by atoms with Gasteiger partial charge < -0.3 is 14.4 Å². The molecule has 5 nitrogen and oxygen atoms in total. The van der Waals surface area contributed by atoms with Gasteiger partial charge in [0.2, 0.25) is 0 Å². The van der Waals surface area contributed by atoms with Gasteiger partial charge in [0.25, 0.3) is 5.91 Å². The van der Waals surface area contributed by atoms with Gasteiger partial charge in [0, 0.05) is 25.0 Å². The Bertz CT molecular complexity index is 788. The first-order chi connectivity index (χ1) is 13.8. The molecule has 0 saturated carbocycles. The third-order valence-corrected chi connectivity index (χ3v) is 5.52. The minimum absolute atomic E-state index is 0.0213. The van der Waals surface area contributed by atoms with Crippen LogP contribution < -0.4 is 4.74 Å². The summed E-state index contributed by atoms with van der Waals surface area (Å²) < 4.78 is 11.6. The molecule has 2 aliphatic rings. The second-order valence-corrected chi connectivity index (χ2v) is 7.58. The van der Waals surface area contributed by atoms with Gasteiger partial charge >= 0.3 is 0 Å². The second-order valence-electron chi connectivity index (χ2n) is 7.58. The molecule has 1 saturated heterocycles. The van der Waals surface area contributed by atoms with E-state index in [0.29, 0.717) is 25.3 Å². The number of carbonyl (C=O) groups is 1. The van der Waals surface area contributed by atoms with Crippen molar-refractivity contribution in [3.63, 3.8) is 0 Å². The normalized spacial score (nSPS) is 18.5. The Labute approximate surface area is 166 Å². The minimum Gasteiger partial charge on any atom is -0.492 e. The highest BCUT2D eigenvalue weighted by atomic mass is 16.5. The van der Waals surface area contributed by atoms with Crippen LogP contribution in [0.2, 0.25) is 0 Å². The molecular formula is C23H28N2O3. The number of ether oxygens (including phenoxy) is 2. The number of rotatable bonds is 7. The van der Waals surface area contributed by atoms with Gasteiger partial charge in [-0.05, 0) is 62.3 Å². The van der Waals surface area contributed by atoms with Crippen LogP contribution in [0.25, 0.3) is 0 Å². The van der Waals surface area contributed by atoms with Crippen LogP contribution in [0.1, 0.15) is 47.3 Å². The first kappa shape index (κ1) is 18.9. The predicted molar refractivity (Wildman–Crippen MR) is 108 cm³/mol. The molecule has 148 valence electrons. The molecule has 2 heterocycles. The van der Waals surface area contributed by atoms with Crippen LogP contribution >= 0.6 is 0 Å². The summed E-state index contributed by atoms with van der Waals surface area (Å²) in [5.41, 5.74) is 3.06. The van der Waals surface area contributed by atoms with Gasteiger partial charge in [-0.15, -0.1) is 0 Å². The van der Waals surface area contributed by atoms with Crippen LogP contribution in [-0.2, 0) is 17.6 Å². The second kappa shape index (κ2) is 9.20. The molecule has 0 spiro atoms. The summed E-state index contributed by atoms with van der Waals surface area (Å²) in [5.74, 6) is 0.843. The fraction of sp³-hybridized carbons (Fsp3) is 0.478. The molecule has 1 atom stereocenters. The lowest BCUT2D eigenvalue weighted by Crippen LogP contribution is -2.40. The molecule has 0 radical (unpaired) electrons. The zero-order chi connectivity index (χ0) is 19.2. The van der Waals surface area contributed by atoms with Crippen LogP contribution in [0.15, 0.2) is 42.6 Å². The topological polar surface area (TPSA) is 51.7 Å². The fourth-order valence-electron chi connectivity index (χ4n) is 3.99. The molecule has 4 rings (SSSR count). The number of carbonyl (C=O) groups excluding carboxylic acids is 1. The highest BCUT2D eigenvalue weighted by Gasteiger charge is 2.24. The number of nitrogens with zero attached hydrogens (tertiary/aromatic N) is 2. The molecule has 1 aromatic carbocycles. The molecule has 0 unspecified atom stereocenters. The molecule has 1 aliphatic carbocycles. The van der Waals surface area contributed by atoms with E-state index < -0.39 is 0 Å². The summed E-state index contributed by atoms with van der Waals surface area (Å²) in [5, 5.41) is 0. The lowest BCUT2D eigenvalue weighted by Gasteiger charge is -2.26. The Balaban J connectivity index is 1.44. The number of benzene rings is 1. The van der Waals surface area contributed by atoms with Gasteiger partial charge in [-0.1, -0.05) is 18.2 Å². The van der Waals surface area contributed by atoms with Gasteiger partial charge in [0.15, 0.2) is 0 Å². The molecule has 1 aromatic heterocycles. The lowest BCUT2D eigenvalue weighted by molar-refractivity contribution is 0.0493. The van der Waals surface area contributed by atoms with Crippen molar-refractivity contribution < 1.29 is 14.3 Å². The van der Waals surface area contributed by atoms with E-state index in [0.717, 1.165) is 43.7 Å². The summed E-state index contributed by atoms with van der Waals surface area (Å²) in [6.45, 7) is 2.38. The van der Waals surface area contributed by atoms with Crippen LogP contribution in [0.5, 0.6) is 5.75 Å². The van der Waals surface area contributed by atoms with Gasteiger partial charge in [0.05, 0.1) is 18.2 Å². The van der Waals surface area contributed by atoms with Crippen molar-refractivity contribution in [2.75, 3.05) is 26.3 Å². The van der Waals surface area contributed by atoms with Crippen molar-refractivity contribution >= 4 is 5.91 Å². The standard InChI is InChI=1S/C23H28N2O3/c26-23(19-15-18-7-4-5-11-22(18)24-16-19)25(17-21-10-6-13-27-21)12-14-28-20-8-2-1-3-9-20/h1-3,8-9,15-16,21H,4-7,10-14,17H2/t21-/m0/s1. The Morgan fingerprint density at radius 3 is 2.86 bits per heavy atom. The fourth-order valence-corrected chi connectivity index (χ4v) is 3.99. The molecule has 28 heavy (non-hydrogen) atoms. The van der Waals surface area contributed by atoms with Crippen molar-refractivity contribution in [2.45, 2.75) is 44.6 Å². The highest BCUT2D eigenvalue weighted by molar-refractivity contribution is 5.94. The van der Waals surface area contributed by atoms with Crippen LogP contribution in [-0.4, -0.2) is 48.2 Å². The quantitative estimate of drug-likeness (QED) is 0.736. The SMILES string of the molecule is O=C(c1cnc2c(c1)CCCC2)N(CCOc1ccccc1)C[C@@H]1CCCO1. The maximum Gasteiger partial charge on any atom is 0.255 e. The lowest BCUT2D eigenvalue weighted by atomic mass is 9.95. The first-order valence-corrected chi connectivity index (χ1v) is 10.4. The van der Waals surface area contributed by atoms with E-state index >= 15 is 0 Å². The molecule has 2 aromatic rings. The Kier molecular flexibility index (Phi) is 6.22. The monoisotopic (exact) mass is 380 g/mol. The van der Waals surface area contributed by atoms with Crippen LogP contribution in [0.3, 0.4) is 0 Å². The molecule has 1 amide bonds.